The predicted octanol–water partition coefficient (Wildman–Crippen LogP) is 2.22. The predicted molar refractivity (Wildman–Crippen MR) is 57.3 cm³/mol. The topological polar surface area (TPSA) is 32.6 Å². The number of hydrogen-bond acceptors (Lipinski definition) is 2. The summed E-state index contributed by atoms with van der Waals surface area (Å²) in [6.07, 6.45) is 2.53. The van der Waals surface area contributed by atoms with Crippen LogP contribution in [0.15, 0.2) is 17.3 Å². The maximum absolute atomic E-state index is 9.17. The Balaban J connectivity index is 4.18. The van der Waals surface area contributed by atoms with E-state index >= 15 is 0 Å². The lowest BCUT2D eigenvalue weighted by Crippen LogP contribution is -2.26. The Morgan fingerprint density at radius 1 is 1.50 bits per heavy atom. The van der Waals surface area contributed by atoms with Gasteiger partial charge in [0.05, 0.1) is 0 Å². The first-order chi connectivity index (χ1) is 5.58. The number of aliphatic hydroxyl groups excluding tert-OH is 1. The Morgan fingerprint density at radius 3 is 2.33 bits per heavy atom. The second kappa shape index (κ2) is 5.27. The van der Waals surface area contributed by atoms with Crippen LogP contribution in [0.2, 0.25) is 18.6 Å². The van der Waals surface area contributed by atoms with Crippen LogP contribution in [0.1, 0.15) is 13.8 Å². The number of hydrogen-bond donors (Lipinski definition) is 1. The van der Waals surface area contributed by atoms with E-state index in [0.29, 0.717) is 0 Å². The molecule has 0 saturated carbocycles. The molecule has 0 aliphatic heterocycles. The minimum atomic E-state index is -1.41. The molecule has 0 fully saturated rings. The van der Waals surface area contributed by atoms with E-state index in [1.807, 2.05) is 0 Å². The molecular formula is C9H19NOSi. The monoisotopic (exact) mass is 185 g/mol. The molecule has 0 aromatic rings. The van der Waals surface area contributed by atoms with Gasteiger partial charge in [-0.25, -0.2) is 0 Å². The lowest BCUT2D eigenvalue weighted by atomic mass is 10.4. The van der Waals surface area contributed by atoms with Crippen molar-refractivity contribution in [3.63, 3.8) is 0 Å². The van der Waals surface area contributed by atoms with Gasteiger partial charge < -0.3 is 9.76 Å². The summed E-state index contributed by atoms with van der Waals surface area (Å²) in [5.74, 6) is 0. The van der Waals surface area contributed by atoms with Gasteiger partial charge in [-0.3, -0.25) is 0 Å². The maximum Gasteiger partial charge on any atom is 0.177 e. The van der Waals surface area contributed by atoms with E-state index in [4.69, 9.17) is 5.11 Å². The van der Waals surface area contributed by atoms with Crippen LogP contribution >= 0.6 is 0 Å². The van der Waals surface area contributed by atoms with Crippen molar-refractivity contribution in [2.24, 2.45) is 4.66 Å². The highest BCUT2D eigenvalue weighted by Gasteiger charge is 2.20. The molecule has 1 N–H and O–H groups in total. The molecule has 3 heteroatoms. The summed E-state index contributed by atoms with van der Waals surface area (Å²) in [6.45, 7) is 10.0. The maximum atomic E-state index is 9.17. The first kappa shape index (κ1) is 11.6. The molecule has 0 rings (SSSR count). The minimum Gasteiger partial charge on any atom is -0.383 e. The highest BCUT2D eigenvalue weighted by atomic mass is 28.3. The van der Waals surface area contributed by atoms with E-state index in [0.717, 1.165) is 12.1 Å². The average Bonchev–Trinajstić information content (AvgIpc) is 2.13. The molecule has 0 bridgehead atoms. The first-order valence-corrected chi connectivity index (χ1v) is 7.30. The van der Waals surface area contributed by atoms with Gasteiger partial charge in [0.25, 0.3) is 0 Å². The average molecular weight is 185 g/mol. The Kier molecular flexibility index (Phi) is 5.09. The third kappa shape index (κ3) is 3.83. The van der Waals surface area contributed by atoms with E-state index in [-0.39, 0.29) is 0 Å². The van der Waals surface area contributed by atoms with Crippen molar-refractivity contribution in [1.82, 2.24) is 0 Å². The number of rotatable bonds is 5. The van der Waals surface area contributed by atoms with E-state index in [1.54, 1.807) is 6.21 Å². The summed E-state index contributed by atoms with van der Waals surface area (Å²) >= 11 is 0. The zero-order valence-corrected chi connectivity index (χ0v) is 9.25. The van der Waals surface area contributed by atoms with Crippen LogP contribution in [-0.4, -0.2) is 25.7 Å². The van der Waals surface area contributed by atoms with Crippen molar-refractivity contribution < 1.29 is 5.11 Å². The van der Waals surface area contributed by atoms with Gasteiger partial charge in [0.15, 0.2) is 8.24 Å². The smallest absolute Gasteiger partial charge is 0.177 e. The summed E-state index contributed by atoms with van der Waals surface area (Å²) in [7, 11) is -1.41. The van der Waals surface area contributed by atoms with E-state index in [2.05, 4.69) is 31.6 Å². The summed E-state index contributed by atoms with van der Waals surface area (Å²) < 4.78 is 4.46. The molecule has 0 radical (unpaired) electrons. The van der Waals surface area contributed by atoms with Gasteiger partial charge in [-0.05, 0) is 18.6 Å². The van der Waals surface area contributed by atoms with E-state index in [9.17, 15) is 0 Å². The largest absolute Gasteiger partial charge is 0.383 e. The molecular weight excluding hydrogens is 166 g/mol. The van der Waals surface area contributed by atoms with Crippen molar-refractivity contribution in [1.29, 1.82) is 0 Å². The van der Waals surface area contributed by atoms with Crippen LogP contribution in [0.5, 0.6) is 0 Å². The molecule has 12 heavy (non-hydrogen) atoms. The molecule has 1 atom stereocenters. The van der Waals surface area contributed by atoms with Crippen LogP contribution in [0, 0.1) is 0 Å². The lowest BCUT2D eigenvalue weighted by molar-refractivity contribution is 0.294. The molecule has 0 spiro atoms. The van der Waals surface area contributed by atoms with Crippen molar-refractivity contribution in [3.8, 4) is 0 Å². The van der Waals surface area contributed by atoms with Gasteiger partial charge in [0.2, 0.25) is 0 Å². The van der Waals surface area contributed by atoms with Crippen LogP contribution < -0.4 is 0 Å². The minimum absolute atomic E-state index is 0.574. The summed E-state index contributed by atoms with van der Waals surface area (Å²) in [5.41, 5.74) is 0. The Morgan fingerprint density at radius 2 is 2.00 bits per heavy atom. The molecule has 2 nitrogen and oxygen atoms in total. The van der Waals surface area contributed by atoms with Crippen LogP contribution in [0.3, 0.4) is 0 Å². The van der Waals surface area contributed by atoms with E-state index in [1.165, 1.54) is 6.08 Å². The second-order valence-corrected chi connectivity index (χ2v) is 7.87. The van der Waals surface area contributed by atoms with Crippen molar-refractivity contribution in [2.45, 2.75) is 38.6 Å². The van der Waals surface area contributed by atoms with Gasteiger partial charge in [0, 0.05) is 6.21 Å². The quantitative estimate of drug-likeness (QED) is 0.397. The van der Waals surface area contributed by atoms with Gasteiger partial charge in [-0.1, -0.05) is 19.9 Å². The van der Waals surface area contributed by atoms with Crippen molar-refractivity contribution >= 4 is 14.5 Å². The third-order valence-electron chi connectivity index (χ3n) is 2.30. The first-order valence-electron chi connectivity index (χ1n) is 4.44. The van der Waals surface area contributed by atoms with Gasteiger partial charge in [0.1, 0.15) is 6.10 Å². The molecule has 0 aromatic heterocycles. The Hall–Kier alpha value is -0.413. The highest BCUT2D eigenvalue weighted by molar-refractivity contribution is 6.77. The fourth-order valence-corrected chi connectivity index (χ4v) is 2.13. The zero-order chi connectivity index (χ0) is 9.61. The van der Waals surface area contributed by atoms with Crippen LogP contribution in [0.4, 0.5) is 0 Å². The van der Waals surface area contributed by atoms with Crippen molar-refractivity contribution in [3.05, 3.63) is 12.7 Å². The fourth-order valence-electron chi connectivity index (χ4n) is 0.750. The van der Waals surface area contributed by atoms with Crippen LogP contribution in [0.25, 0.3) is 0 Å². The summed E-state index contributed by atoms with van der Waals surface area (Å²) in [6, 6.07) is 2.26. The van der Waals surface area contributed by atoms with Gasteiger partial charge in [-0.2, -0.15) is 0 Å². The summed E-state index contributed by atoms with van der Waals surface area (Å²) in [4.78, 5) is 0. The normalized spacial score (nSPS) is 15.0. The summed E-state index contributed by atoms with van der Waals surface area (Å²) in [5, 5.41) is 9.17. The van der Waals surface area contributed by atoms with Crippen molar-refractivity contribution in [2.75, 3.05) is 0 Å². The third-order valence-corrected chi connectivity index (χ3v) is 6.12. The fraction of sp³-hybridized carbons (Fsp3) is 0.667. The Bertz CT molecular complexity index is 164. The zero-order valence-electron chi connectivity index (χ0n) is 8.25. The molecule has 0 saturated heterocycles. The molecule has 0 aliphatic rings. The second-order valence-electron chi connectivity index (χ2n) is 3.21. The Labute approximate surface area is 76.1 Å². The molecule has 70 valence electrons. The lowest BCUT2D eigenvalue weighted by Gasteiger charge is -2.17. The molecule has 1 unspecified atom stereocenters. The molecule has 0 aromatic carbocycles. The number of nitrogens with zero attached hydrogens (tertiary/aromatic N) is 1. The van der Waals surface area contributed by atoms with Crippen LogP contribution in [-0.2, 0) is 0 Å². The standard InChI is InChI=1S/C9H19NOSi/c1-5-9(11)8-10-12(4,6-2)7-3/h5,8-9,11H,1,6-7H2,2-4H3. The molecule has 0 heterocycles. The van der Waals surface area contributed by atoms with Gasteiger partial charge in [-0.15, -0.1) is 6.58 Å². The van der Waals surface area contributed by atoms with E-state index < -0.39 is 14.3 Å². The van der Waals surface area contributed by atoms with Gasteiger partial charge >= 0.3 is 0 Å². The molecule has 0 aliphatic carbocycles. The molecule has 0 amide bonds. The number of aliphatic hydroxyl groups is 1. The highest BCUT2D eigenvalue weighted by Crippen LogP contribution is 2.15. The SMILES string of the molecule is C=CC(O)C=N[Si](C)(CC)CC.